The van der Waals surface area contributed by atoms with Gasteiger partial charge in [0.15, 0.2) is 5.82 Å². The summed E-state index contributed by atoms with van der Waals surface area (Å²) in [6.07, 6.45) is 4.93. The number of para-hydroxylation sites is 1. The van der Waals surface area contributed by atoms with Crippen LogP contribution in [0.5, 0.6) is 0 Å². The number of hydrogen-bond donors (Lipinski definition) is 0. The highest BCUT2D eigenvalue weighted by Crippen LogP contribution is 2.26. The van der Waals surface area contributed by atoms with E-state index in [1.807, 2.05) is 6.92 Å². The quantitative estimate of drug-likeness (QED) is 0.788. The Hall–Kier alpha value is -2.10. The lowest BCUT2D eigenvalue weighted by atomic mass is 10.0. The van der Waals surface area contributed by atoms with E-state index >= 15 is 0 Å². The maximum atomic E-state index is 4.73. The summed E-state index contributed by atoms with van der Waals surface area (Å²) in [5, 5.41) is 0. The van der Waals surface area contributed by atoms with Crippen LogP contribution in [0.1, 0.15) is 37.7 Å². The minimum absolute atomic E-state index is 0.628. The van der Waals surface area contributed by atoms with E-state index in [0.29, 0.717) is 5.82 Å². The van der Waals surface area contributed by atoms with Gasteiger partial charge in [0, 0.05) is 0 Å². The summed E-state index contributed by atoms with van der Waals surface area (Å²) < 4.78 is 0. The Morgan fingerprint density at radius 3 is 2.16 bits per heavy atom. The fraction of sp³-hybridized carbons (Fsp3) is 0.333. The van der Waals surface area contributed by atoms with Crippen LogP contribution in [0.25, 0.3) is 0 Å². The number of nitrogens with zero attached hydrogens (tertiary/aromatic N) is 4. The van der Waals surface area contributed by atoms with E-state index in [2.05, 4.69) is 47.0 Å². The molecule has 4 heteroatoms. The second-order valence-electron chi connectivity index (χ2n) is 4.29. The van der Waals surface area contributed by atoms with Crippen LogP contribution >= 0.6 is 0 Å². The highest BCUT2D eigenvalue weighted by Gasteiger charge is 2.07. The third-order valence-electron chi connectivity index (χ3n) is 3.06. The predicted molar refractivity (Wildman–Crippen MR) is 76.9 cm³/mol. The average Bonchev–Trinajstić information content (AvgIpc) is 2.48. The normalized spacial score (nSPS) is 11.6. The van der Waals surface area contributed by atoms with Crippen LogP contribution in [0, 0.1) is 0 Å². The molecule has 2 aromatic rings. The monoisotopic (exact) mass is 254 g/mol. The number of rotatable bonds is 4. The fourth-order valence-corrected chi connectivity index (χ4v) is 2.00. The Morgan fingerprint density at radius 2 is 1.63 bits per heavy atom. The lowest BCUT2D eigenvalue weighted by Gasteiger charge is -2.09. The smallest absolute Gasteiger partial charge is 0.176 e. The van der Waals surface area contributed by atoms with E-state index in [4.69, 9.17) is 4.99 Å². The molecule has 0 saturated carbocycles. The van der Waals surface area contributed by atoms with Gasteiger partial charge in [0.2, 0.25) is 0 Å². The van der Waals surface area contributed by atoms with Crippen molar-refractivity contribution >= 4 is 11.4 Å². The number of hydrogen-bond acceptors (Lipinski definition) is 4. The van der Waals surface area contributed by atoms with Gasteiger partial charge in [-0.1, -0.05) is 32.0 Å². The Balaban J connectivity index is 2.47. The minimum atomic E-state index is 0.628. The second-order valence-corrected chi connectivity index (χ2v) is 4.29. The Bertz CT molecular complexity index is 554. The van der Waals surface area contributed by atoms with E-state index in [9.17, 15) is 0 Å². The molecule has 0 aliphatic heterocycles. The summed E-state index contributed by atoms with van der Waals surface area (Å²) in [4.78, 5) is 16.8. The molecule has 4 nitrogen and oxygen atoms in total. The van der Waals surface area contributed by atoms with Gasteiger partial charge in [-0.3, -0.25) is 0 Å². The SMILES string of the molecule is CCc1cccc(CC)c1N=C(C)c1ncncn1. The van der Waals surface area contributed by atoms with Gasteiger partial charge < -0.3 is 0 Å². The standard InChI is InChI=1S/C15H18N4/c1-4-12-7-6-8-13(5-2)14(12)19-11(3)15-17-9-16-10-18-15/h6-10H,4-5H2,1-3H3. The van der Waals surface area contributed by atoms with Gasteiger partial charge in [-0.15, -0.1) is 0 Å². The molecule has 0 aliphatic rings. The zero-order chi connectivity index (χ0) is 13.7. The molecule has 0 N–H and O–H groups in total. The first-order valence-corrected chi connectivity index (χ1v) is 6.54. The fourth-order valence-electron chi connectivity index (χ4n) is 2.00. The maximum absolute atomic E-state index is 4.73. The number of benzene rings is 1. The summed E-state index contributed by atoms with van der Waals surface area (Å²) in [6.45, 7) is 6.22. The van der Waals surface area contributed by atoms with Crippen molar-refractivity contribution in [2.24, 2.45) is 4.99 Å². The highest BCUT2D eigenvalue weighted by molar-refractivity contribution is 5.97. The van der Waals surface area contributed by atoms with Gasteiger partial charge in [0.05, 0.1) is 11.4 Å². The second kappa shape index (κ2) is 6.18. The van der Waals surface area contributed by atoms with E-state index in [0.717, 1.165) is 24.2 Å². The molecule has 1 heterocycles. The van der Waals surface area contributed by atoms with Crippen LogP contribution in [0.15, 0.2) is 35.8 Å². The topological polar surface area (TPSA) is 51.0 Å². The Labute approximate surface area is 113 Å². The Kier molecular flexibility index (Phi) is 4.34. The summed E-state index contributed by atoms with van der Waals surface area (Å²) in [5.41, 5.74) is 4.39. The zero-order valence-corrected chi connectivity index (χ0v) is 11.6. The minimum Gasteiger partial charge on any atom is -0.249 e. The first-order chi connectivity index (χ1) is 9.26. The number of aromatic nitrogens is 3. The molecule has 1 aromatic carbocycles. The molecule has 98 valence electrons. The molecule has 1 aromatic heterocycles. The van der Waals surface area contributed by atoms with Crippen molar-refractivity contribution in [3.8, 4) is 0 Å². The van der Waals surface area contributed by atoms with Crippen LogP contribution < -0.4 is 0 Å². The van der Waals surface area contributed by atoms with Gasteiger partial charge in [0.25, 0.3) is 0 Å². The third-order valence-corrected chi connectivity index (χ3v) is 3.06. The molecule has 0 unspecified atom stereocenters. The van der Waals surface area contributed by atoms with Gasteiger partial charge in [0.1, 0.15) is 12.7 Å². The summed E-state index contributed by atoms with van der Waals surface area (Å²) >= 11 is 0. The van der Waals surface area contributed by atoms with Crippen LogP contribution in [0.4, 0.5) is 5.69 Å². The van der Waals surface area contributed by atoms with Crippen molar-refractivity contribution in [3.05, 3.63) is 47.8 Å². The molecular weight excluding hydrogens is 236 g/mol. The van der Waals surface area contributed by atoms with Crippen molar-refractivity contribution < 1.29 is 0 Å². The van der Waals surface area contributed by atoms with Crippen LogP contribution in [0.2, 0.25) is 0 Å². The molecule has 0 saturated heterocycles. The lowest BCUT2D eigenvalue weighted by Crippen LogP contribution is -2.02. The van der Waals surface area contributed by atoms with E-state index in [-0.39, 0.29) is 0 Å². The molecule has 19 heavy (non-hydrogen) atoms. The molecule has 0 radical (unpaired) electrons. The summed E-state index contributed by atoms with van der Waals surface area (Å²) in [5.74, 6) is 0.628. The predicted octanol–water partition coefficient (Wildman–Crippen LogP) is 3.14. The van der Waals surface area contributed by atoms with Gasteiger partial charge in [-0.25, -0.2) is 19.9 Å². The van der Waals surface area contributed by atoms with Gasteiger partial charge >= 0.3 is 0 Å². The van der Waals surface area contributed by atoms with Crippen LogP contribution in [0.3, 0.4) is 0 Å². The highest BCUT2D eigenvalue weighted by atomic mass is 15.0. The van der Waals surface area contributed by atoms with E-state index in [1.165, 1.54) is 23.8 Å². The Morgan fingerprint density at radius 1 is 1.05 bits per heavy atom. The molecule has 0 fully saturated rings. The molecule has 0 atom stereocenters. The van der Waals surface area contributed by atoms with Crippen molar-refractivity contribution in [3.63, 3.8) is 0 Å². The largest absolute Gasteiger partial charge is 0.249 e. The first kappa shape index (κ1) is 13.3. The van der Waals surface area contributed by atoms with Crippen LogP contribution in [-0.4, -0.2) is 20.7 Å². The molecule has 0 bridgehead atoms. The summed E-state index contributed by atoms with van der Waals surface area (Å²) in [7, 11) is 0. The van der Waals surface area contributed by atoms with E-state index < -0.39 is 0 Å². The molecule has 0 amide bonds. The van der Waals surface area contributed by atoms with Crippen LogP contribution in [-0.2, 0) is 12.8 Å². The van der Waals surface area contributed by atoms with Gasteiger partial charge in [-0.2, -0.15) is 0 Å². The maximum Gasteiger partial charge on any atom is 0.176 e. The van der Waals surface area contributed by atoms with Gasteiger partial charge in [-0.05, 0) is 30.9 Å². The summed E-state index contributed by atoms with van der Waals surface area (Å²) in [6, 6.07) is 6.34. The number of aryl methyl sites for hydroxylation is 2. The average molecular weight is 254 g/mol. The molecular formula is C15H18N4. The number of aliphatic imine (C=N–C) groups is 1. The zero-order valence-electron chi connectivity index (χ0n) is 11.6. The van der Waals surface area contributed by atoms with E-state index in [1.54, 1.807) is 0 Å². The first-order valence-electron chi connectivity index (χ1n) is 6.54. The van der Waals surface area contributed by atoms with Crippen molar-refractivity contribution in [1.82, 2.24) is 15.0 Å². The van der Waals surface area contributed by atoms with Crippen molar-refractivity contribution in [2.45, 2.75) is 33.6 Å². The molecule has 0 spiro atoms. The lowest BCUT2D eigenvalue weighted by molar-refractivity contribution is 1.02. The molecule has 0 aliphatic carbocycles. The third kappa shape index (κ3) is 3.02. The van der Waals surface area contributed by atoms with Crippen molar-refractivity contribution in [2.75, 3.05) is 0 Å². The molecule has 2 rings (SSSR count). The van der Waals surface area contributed by atoms with Crippen molar-refractivity contribution in [1.29, 1.82) is 0 Å².